The average Bonchev–Trinajstić information content (AvgIpc) is 2.47. The minimum Gasteiger partial charge on any atom is -0.356 e. The van der Waals surface area contributed by atoms with E-state index in [2.05, 4.69) is 50.8 Å². The van der Waals surface area contributed by atoms with Gasteiger partial charge in [0.1, 0.15) is 0 Å². The van der Waals surface area contributed by atoms with Crippen LogP contribution in [0.25, 0.3) is 0 Å². The van der Waals surface area contributed by atoms with Crippen LogP contribution in [-0.4, -0.2) is 10.9 Å². The number of hydrogen-bond donors (Lipinski definition) is 2. The van der Waals surface area contributed by atoms with Gasteiger partial charge in [-0.25, -0.2) is 0 Å². The first-order valence-corrected chi connectivity index (χ1v) is 8.96. The molecule has 5 heteroatoms. The van der Waals surface area contributed by atoms with Crippen molar-refractivity contribution in [2.45, 2.75) is 17.4 Å². The molecule has 0 aliphatic carbocycles. The molecule has 2 aromatic carbocycles. The lowest BCUT2D eigenvalue weighted by atomic mass is 10.0. The van der Waals surface area contributed by atoms with Crippen LogP contribution in [0.5, 0.6) is 0 Å². The van der Waals surface area contributed by atoms with Gasteiger partial charge in [0.15, 0.2) is 5.11 Å². The van der Waals surface area contributed by atoms with Gasteiger partial charge in [-0.3, -0.25) is 0 Å². The maximum atomic E-state index is 5.44. The summed E-state index contributed by atoms with van der Waals surface area (Å²) in [6, 6.07) is 16.8. The molecule has 0 amide bonds. The number of nitrogens with one attached hydrogen (secondary N) is 2. The summed E-state index contributed by atoms with van der Waals surface area (Å²) >= 11 is 10.8. The number of benzene rings is 2. The van der Waals surface area contributed by atoms with Crippen LogP contribution in [0, 0.1) is 0 Å². The zero-order valence-electron chi connectivity index (χ0n) is 11.3. The fraction of sp³-hybridized carbons (Fsp3) is 0.188. The van der Waals surface area contributed by atoms with Gasteiger partial charge in [-0.15, -0.1) is 11.8 Å². The van der Waals surface area contributed by atoms with Crippen LogP contribution in [0.4, 0.5) is 5.69 Å². The van der Waals surface area contributed by atoms with E-state index in [4.69, 9.17) is 12.2 Å². The van der Waals surface area contributed by atoms with Crippen molar-refractivity contribution in [1.29, 1.82) is 0 Å². The van der Waals surface area contributed by atoms with E-state index in [1.54, 1.807) is 0 Å². The third-order valence-corrected chi connectivity index (χ3v) is 5.18. The second-order valence-electron chi connectivity index (χ2n) is 4.84. The summed E-state index contributed by atoms with van der Waals surface area (Å²) in [7, 11) is 0. The lowest BCUT2D eigenvalue weighted by Gasteiger charge is -2.27. The number of anilines is 1. The van der Waals surface area contributed by atoms with Gasteiger partial charge in [0.2, 0.25) is 0 Å². The first kappa shape index (κ1) is 14.9. The summed E-state index contributed by atoms with van der Waals surface area (Å²) in [5, 5.41) is 7.35. The Labute approximate surface area is 142 Å². The summed E-state index contributed by atoms with van der Waals surface area (Å²) in [5.74, 6) is 1.12. The zero-order chi connectivity index (χ0) is 14.7. The largest absolute Gasteiger partial charge is 0.356 e. The van der Waals surface area contributed by atoms with Crippen molar-refractivity contribution in [2.75, 3.05) is 11.1 Å². The standard InChI is InChI=1S/C16H15BrN2S2/c17-11-4-3-5-12(10-11)18-16(20)19-14-8-9-21-15-7-2-1-6-13(14)15/h1-7,10,14H,8-9H2,(H2,18,19,20)/t14-/m1/s1. The summed E-state index contributed by atoms with van der Waals surface area (Å²) in [6.07, 6.45) is 1.09. The van der Waals surface area contributed by atoms with Crippen LogP contribution < -0.4 is 10.6 Å². The number of rotatable bonds is 2. The van der Waals surface area contributed by atoms with Crippen molar-refractivity contribution >= 4 is 50.7 Å². The van der Waals surface area contributed by atoms with Gasteiger partial charge in [0.05, 0.1) is 6.04 Å². The Morgan fingerprint density at radius 2 is 2.05 bits per heavy atom. The van der Waals surface area contributed by atoms with E-state index >= 15 is 0 Å². The Bertz CT molecular complexity index is 660. The Kier molecular flexibility index (Phi) is 4.83. The quantitative estimate of drug-likeness (QED) is 0.720. The van der Waals surface area contributed by atoms with E-state index in [-0.39, 0.29) is 6.04 Å². The Balaban J connectivity index is 1.68. The van der Waals surface area contributed by atoms with E-state index in [1.807, 2.05) is 36.0 Å². The molecule has 3 rings (SSSR count). The van der Waals surface area contributed by atoms with Gasteiger partial charge in [-0.2, -0.15) is 0 Å². The van der Waals surface area contributed by atoms with Crippen LogP contribution in [-0.2, 0) is 0 Å². The zero-order valence-corrected chi connectivity index (χ0v) is 14.5. The highest BCUT2D eigenvalue weighted by molar-refractivity contribution is 9.10. The highest BCUT2D eigenvalue weighted by Crippen LogP contribution is 2.35. The monoisotopic (exact) mass is 378 g/mol. The van der Waals surface area contributed by atoms with Crippen molar-refractivity contribution in [2.24, 2.45) is 0 Å². The molecule has 0 bridgehead atoms. The topological polar surface area (TPSA) is 24.1 Å². The minimum absolute atomic E-state index is 0.287. The molecule has 21 heavy (non-hydrogen) atoms. The molecular formula is C16H15BrN2S2. The van der Waals surface area contributed by atoms with Crippen molar-refractivity contribution < 1.29 is 0 Å². The van der Waals surface area contributed by atoms with E-state index in [0.29, 0.717) is 5.11 Å². The predicted molar refractivity (Wildman–Crippen MR) is 98.0 cm³/mol. The SMILES string of the molecule is S=C(Nc1cccc(Br)c1)N[C@@H]1CCSc2ccccc21. The number of hydrogen-bond acceptors (Lipinski definition) is 2. The van der Waals surface area contributed by atoms with Crippen molar-refractivity contribution in [1.82, 2.24) is 5.32 Å². The summed E-state index contributed by atoms with van der Waals surface area (Å²) in [6.45, 7) is 0. The smallest absolute Gasteiger partial charge is 0.171 e. The van der Waals surface area contributed by atoms with Gasteiger partial charge in [0.25, 0.3) is 0 Å². The first-order chi connectivity index (χ1) is 10.2. The second kappa shape index (κ2) is 6.81. The molecule has 0 saturated heterocycles. The number of fused-ring (bicyclic) bond motifs is 1. The molecule has 0 saturated carbocycles. The van der Waals surface area contributed by atoms with Crippen LogP contribution in [0.3, 0.4) is 0 Å². The molecule has 2 aromatic rings. The molecule has 1 aliphatic heterocycles. The minimum atomic E-state index is 0.287. The van der Waals surface area contributed by atoms with Gasteiger partial charge >= 0.3 is 0 Å². The number of thiocarbonyl (C=S) groups is 1. The highest BCUT2D eigenvalue weighted by Gasteiger charge is 2.20. The van der Waals surface area contributed by atoms with Crippen molar-refractivity contribution in [3.05, 3.63) is 58.6 Å². The number of halogens is 1. The number of thioether (sulfide) groups is 1. The first-order valence-electron chi connectivity index (χ1n) is 6.77. The van der Waals surface area contributed by atoms with E-state index in [0.717, 1.165) is 22.3 Å². The van der Waals surface area contributed by atoms with Crippen LogP contribution >= 0.6 is 39.9 Å². The molecule has 0 fully saturated rings. The third-order valence-electron chi connectivity index (χ3n) is 3.35. The third kappa shape index (κ3) is 3.78. The lowest BCUT2D eigenvalue weighted by Crippen LogP contribution is -2.33. The second-order valence-corrected chi connectivity index (χ2v) is 7.30. The van der Waals surface area contributed by atoms with Gasteiger partial charge in [-0.05, 0) is 48.5 Å². The van der Waals surface area contributed by atoms with Crippen LogP contribution in [0.2, 0.25) is 0 Å². The maximum Gasteiger partial charge on any atom is 0.171 e. The van der Waals surface area contributed by atoms with E-state index in [1.165, 1.54) is 10.5 Å². The molecule has 2 nitrogen and oxygen atoms in total. The molecule has 1 heterocycles. The molecule has 0 aromatic heterocycles. The fourth-order valence-electron chi connectivity index (χ4n) is 2.38. The molecule has 0 unspecified atom stereocenters. The molecule has 0 radical (unpaired) electrons. The van der Waals surface area contributed by atoms with Gasteiger partial charge in [0, 0.05) is 20.8 Å². The molecule has 108 valence electrons. The van der Waals surface area contributed by atoms with Crippen molar-refractivity contribution in [3.63, 3.8) is 0 Å². The van der Waals surface area contributed by atoms with Gasteiger partial charge in [-0.1, -0.05) is 40.2 Å². The molecule has 1 atom stereocenters. The normalized spacial score (nSPS) is 16.9. The van der Waals surface area contributed by atoms with Crippen molar-refractivity contribution in [3.8, 4) is 0 Å². The summed E-state index contributed by atoms with van der Waals surface area (Å²) in [4.78, 5) is 1.35. The summed E-state index contributed by atoms with van der Waals surface area (Å²) in [5.41, 5.74) is 2.33. The molecular weight excluding hydrogens is 364 g/mol. The Morgan fingerprint density at radius 1 is 1.19 bits per heavy atom. The van der Waals surface area contributed by atoms with Crippen LogP contribution in [0.1, 0.15) is 18.0 Å². The van der Waals surface area contributed by atoms with Gasteiger partial charge < -0.3 is 10.6 Å². The lowest BCUT2D eigenvalue weighted by molar-refractivity contribution is 0.614. The van der Waals surface area contributed by atoms with Crippen LogP contribution in [0.15, 0.2) is 57.9 Å². The molecule has 1 aliphatic rings. The maximum absolute atomic E-state index is 5.44. The molecule has 0 spiro atoms. The Hall–Kier alpha value is -1.04. The Morgan fingerprint density at radius 3 is 2.90 bits per heavy atom. The predicted octanol–water partition coefficient (Wildman–Crippen LogP) is 4.97. The fourth-order valence-corrected chi connectivity index (χ4v) is 4.17. The van der Waals surface area contributed by atoms with E-state index in [9.17, 15) is 0 Å². The van der Waals surface area contributed by atoms with E-state index < -0.39 is 0 Å². The summed E-state index contributed by atoms with van der Waals surface area (Å²) < 4.78 is 1.04. The average molecular weight is 379 g/mol. The highest BCUT2D eigenvalue weighted by atomic mass is 79.9. The molecule has 2 N–H and O–H groups in total.